The minimum Gasteiger partial charge on any atom is -0.489 e. The fourth-order valence-electron chi connectivity index (χ4n) is 8.11. The summed E-state index contributed by atoms with van der Waals surface area (Å²) in [6, 6.07) is 36.0. The summed E-state index contributed by atoms with van der Waals surface area (Å²) in [4.78, 5) is 16.1. The third-order valence-corrected chi connectivity index (χ3v) is 14.4. The normalized spacial score (nSPS) is 15.0. The molecule has 83 heavy (non-hydrogen) atoms. The van der Waals surface area contributed by atoms with Gasteiger partial charge in [0, 0.05) is 83.5 Å². The molecule has 0 unspecified atom stereocenters. The topological polar surface area (TPSA) is 125 Å². The maximum absolute atomic E-state index is 14.5. The maximum Gasteiger partial charge on any atom is 0.497 e. The largest absolute Gasteiger partial charge is 0.497 e. The van der Waals surface area contributed by atoms with E-state index in [4.69, 9.17) is 37.6 Å². The Hall–Kier alpha value is -7.50. The standard InChI is InChI=1S/C18H21BFNO3.C17H19BFNO3.2C14H15BFNO/c1-17(2)18(3,4)24-19(23-17)15-8-7-14(10-16(15)20)22-12-13-6-5-9-21-11-13;1-16(2)17(3,4)23-18(22-16)14-8-7-12(10-15(14)19)21-13-6-5-9-20-11-13;1-15(2)13-6-5-12(8-14(13)16)18-10-11-4-3-7-17-9-11;1-15(2)13-7-6-12(9-14(13)16)18-10-11-5-3-4-8-17-11/h5-11H,12H2,1-4H3;5-11H,1-4H3;2*3-9H,10H2,1-2H3. The van der Waals surface area contributed by atoms with Crippen LogP contribution in [0.25, 0.3) is 0 Å². The van der Waals surface area contributed by atoms with Gasteiger partial charge in [-0.1, -0.05) is 69.8 Å². The molecule has 0 atom stereocenters. The van der Waals surface area contributed by atoms with Crippen LogP contribution in [0.4, 0.5) is 17.6 Å². The number of rotatable bonds is 15. The molecular formula is C63H70B4F4N4O8. The SMILES string of the molecule is CB(C)c1ccc(OCc2ccccn2)cc1F.CB(C)c1ccc(OCc2cccnc2)cc1F.CC1(C)OB(c2ccc(OCc3cccnc3)cc2F)OC1(C)C.CC1(C)OB(c2ccc(Oc3cccnc3)cc2F)OC1(C)C. The molecule has 0 bridgehead atoms. The number of pyridine rings is 4. The highest BCUT2D eigenvalue weighted by Crippen LogP contribution is 2.38. The molecule has 10 rings (SSSR count). The van der Waals surface area contributed by atoms with Crippen LogP contribution in [0.15, 0.2) is 171 Å². The van der Waals surface area contributed by atoms with Crippen molar-refractivity contribution in [3.63, 3.8) is 0 Å². The smallest absolute Gasteiger partial charge is 0.489 e. The van der Waals surface area contributed by atoms with Crippen molar-refractivity contribution in [2.24, 2.45) is 0 Å². The van der Waals surface area contributed by atoms with Crippen LogP contribution in [-0.2, 0) is 38.4 Å². The lowest BCUT2D eigenvalue weighted by molar-refractivity contribution is 0.00578. The van der Waals surface area contributed by atoms with Crippen molar-refractivity contribution in [1.82, 2.24) is 19.9 Å². The zero-order chi connectivity index (χ0) is 60.0. The van der Waals surface area contributed by atoms with Crippen molar-refractivity contribution >= 4 is 49.5 Å². The van der Waals surface area contributed by atoms with Crippen LogP contribution >= 0.6 is 0 Å². The molecule has 0 amide bonds. The quantitative estimate of drug-likeness (QED) is 0.0717. The Balaban J connectivity index is 0.000000160. The monoisotopic (exact) mass is 1130 g/mol. The molecular weight excluding hydrogens is 1060 g/mol. The van der Waals surface area contributed by atoms with Crippen LogP contribution in [-0.4, -0.2) is 70.0 Å². The fraction of sp³-hybridized carbons (Fsp3) is 0.302. The van der Waals surface area contributed by atoms with E-state index in [1.54, 1.807) is 104 Å². The molecule has 430 valence electrons. The Bertz CT molecular complexity index is 3210. The van der Waals surface area contributed by atoms with Gasteiger partial charge in [0.25, 0.3) is 0 Å². The summed E-state index contributed by atoms with van der Waals surface area (Å²) >= 11 is 0. The van der Waals surface area contributed by atoms with E-state index in [-0.39, 0.29) is 25.1 Å². The molecule has 12 nitrogen and oxygen atoms in total. The van der Waals surface area contributed by atoms with E-state index in [9.17, 15) is 17.6 Å². The number of hydrogen-bond acceptors (Lipinski definition) is 12. The Morgan fingerprint density at radius 3 is 1.18 bits per heavy atom. The second-order valence-electron chi connectivity index (χ2n) is 22.4. The highest BCUT2D eigenvalue weighted by Gasteiger charge is 2.53. The van der Waals surface area contributed by atoms with E-state index < -0.39 is 48.3 Å². The molecule has 6 heterocycles. The predicted octanol–water partition coefficient (Wildman–Crippen LogP) is 11.9. The summed E-state index contributed by atoms with van der Waals surface area (Å²) in [5.41, 5.74) is 2.86. The average Bonchev–Trinajstić information content (AvgIpc) is 3.69. The Morgan fingerprint density at radius 2 is 0.807 bits per heavy atom. The van der Waals surface area contributed by atoms with E-state index in [0.29, 0.717) is 70.4 Å². The van der Waals surface area contributed by atoms with Crippen LogP contribution in [0.3, 0.4) is 0 Å². The zero-order valence-electron chi connectivity index (χ0n) is 49.2. The minimum atomic E-state index is -0.729. The van der Waals surface area contributed by atoms with Gasteiger partial charge in [0.05, 0.1) is 34.3 Å². The van der Waals surface area contributed by atoms with Gasteiger partial charge >= 0.3 is 14.2 Å². The fourth-order valence-corrected chi connectivity index (χ4v) is 8.11. The van der Waals surface area contributed by atoms with Crippen molar-refractivity contribution in [2.75, 3.05) is 0 Å². The average molecular weight is 1130 g/mol. The van der Waals surface area contributed by atoms with Gasteiger partial charge in [0.1, 0.15) is 71.8 Å². The molecule has 2 aliphatic heterocycles. The lowest BCUT2D eigenvalue weighted by Gasteiger charge is -2.32. The Kier molecular flexibility index (Phi) is 21.4. The van der Waals surface area contributed by atoms with Gasteiger partial charge in [-0.15, -0.1) is 0 Å². The lowest BCUT2D eigenvalue weighted by atomic mass is 9.49. The van der Waals surface area contributed by atoms with Crippen molar-refractivity contribution in [3.8, 4) is 28.7 Å². The van der Waals surface area contributed by atoms with Gasteiger partial charge in [-0.3, -0.25) is 19.9 Å². The van der Waals surface area contributed by atoms with Crippen LogP contribution < -0.4 is 40.8 Å². The molecule has 2 aliphatic rings. The number of nitrogens with zero attached hydrogens (tertiary/aromatic N) is 4. The van der Waals surface area contributed by atoms with Gasteiger partial charge in [-0.2, -0.15) is 0 Å². The lowest BCUT2D eigenvalue weighted by Crippen LogP contribution is -2.41. The van der Waals surface area contributed by atoms with Crippen LogP contribution in [0.5, 0.6) is 28.7 Å². The summed E-state index contributed by atoms with van der Waals surface area (Å²) in [7, 11) is -1.45. The number of hydrogen-bond donors (Lipinski definition) is 0. The first-order valence-corrected chi connectivity index (χ1v) is 27.4. The van der Waals surface area contributed by atoms with Gasteiger partial charge in [-0.05, 0) is 127 Å². The minimum absolute atomic E-state index is 0.176. The highest BCUT2D eigenvalue weighted by molar-refractivity contribution is 6.71. The number of benzene rings is 4. The molecule has 0 spiro atoms. The molecule has 20 heteroatoms. The third kappa shape index (κ3) is 17.5. The van der Waals surface area contributed by atoms with E-state index in [2.05, 4.69) is 19.9 Å². The Morgan fingerprint density at radius 1 is 0.410 bits per heavy atom. The second-order valence-corrected chi connectivity index (χ2v) is 22.4. The first kappa shape index (κ1) is 63.1. The molecule has 0 aliphatic carbocycles. The molecule has 2 fully saturated rings. The zero-order valence-corrected chi connectivity index (χ0v) is 49.2. The molecule has 8 aromatic rings. The van der Waals surface area contributed by atoms with E-state index in [0.717, 1.165) is 16.8 Å². The molecule has 2 saturated heterocycles. The third-order valence-electron chi connectivity index (χ3n) is 14.4. The first-order valence-electron chi connectivity index (χ1n) is 27.4. The summed E-state index contributed by atoms with van der Waals surface area (Å²) in [5.74, 6) is 1.21. The van der Waals surface area contributed by atoms with E-state index in [1.165, 1.54) is 24.3 Å². The number of ether oxygens (including phenoxy) is 4. The highest BCUT2D eigenvalue weighted by atomic mass is 19.1. The van der Waals surface area contributed by atoms with E-state index in [1.807, 2.05) is 125 Å². The molecule has 4 aromatic carbocycles. The van der Waals surface area contributed by atoms with Crippen molar-refractivity contribution in [3.05, 3.63) is 211 Å². The summed E-state index contributed by atoms with van der Waals surface area (Å²) < 4.78 is 102. The maximum atomic E-state index is 14.5. The van der Waals surface area contributed by atoms with Crippen molar-refractivity contribution in [2.45, 2.75) is 125 Å². The van der Waals surface area contributed by atoms with Crippen molar-refractivity contribution < 1.29 is 55.1 Å². The van der Waals surface area contributed by atoms with E-state index >= 15 is 0 Å². The van der Waals surface area contributed by atoms with Crippen LogP contribution in [0.1, 0.15) is 72.2 Å². The summed E-state index contributed by atoms with van der Waals surface area (Å²) in [5, 5.41) is 0. The second kappa shape index (κ2) is 28.2. The molecule has 0 radical (unpaired) electrons. The number of halogens is 4. The molecule has 0 saturated carbocycles. The van der Waals surface area contributed by atoms with Gasteiger partial charge in [-0.25, -0.2) is 17.6 Å². The predicted molar refractivity (Wildman–Crippen MR) is 321 cm³/mol. The molecule has 4 aromatic heterocycles. The summed E-state index contributed by atoms with van der Waals surface area (Å²) in [6.07, 6.45) is 11.8. The van der Waals surface area contributed by atoms with Crippen LogP contribution in [0.2, 0.25) is 27.3 Å². The van der Waals surface area contributed by atoms with Gasteiger partial charge < -0.3 is 37.6 Å². The van der Waals surface area contributed by atoms with Crippen LogP contribution in [0, 0.1) is 23.3 Å². The first-order chi connectivity index (χ1) is 39.4. The molecule has 0 N–H and O–H groups in total. The number of aromatic nitrogens is 4. The van der Waals surface area contributed by atoms with Gasteiger partial charge in [0.2, 0.25) is 0 Å². The summed E-state index contributed by atoms with van der Waals surface area (Å²) in [6.45, 7) is 24.8. The van der Waals surface area contributed by atoms with Crippen molar-refractivity contribution in [1.29, 1.82) is 0 Å². The van der Waals surface area contributed by atoms with Gasteiger partial charge in [0.15, 0.2) is 13.4 Å². The Labute approximate surface area is 487 Å².